The van der Waals surface area contributed by atoms with E-state index in [1.54, 1.807) is 55.6 Å². The highest BCUT2D eigenvalue weighted by Crippen LogP contribution is 2.18. The summed E-state index contributed by atoms with van der Waals surface area (Å²) in [5.74, 6) is 0.430. The molecule has 10 heteroatoms. The first-order valence-electron chi connectivity index (χ1n) is 11.2. The summed E-state index contributed by atoms with van der Waals surface area (Å²) < 4.78 is 14.9. The van der Waals surface area contributed by atoms with E-state index >= 15 is 0 Å². The third-order valence-corrected chi connectivity index (χ3v) is 6.37. The number of halogens is 1. The van der Waals surface area contributed by atoms with E-state index in [-0.39, 0.29) is 36.1 Å². The molecule has 2 aromatic heterocycles. The van der Waals surface area contributed by atoms with Crippen molar-refractivity contribution in [2.24, 2.45) is 0 Å². The van der Waals surface area contributed by atoms with Gasteiger partial charge in [-0.2, -0.15) is 0 Å². The van der Waals surface area contributed by atoms with Crippen LogP contribution in [0, 0.1) is 0 Å². The van der Waals surface area contributed by atoms with Gasteiger partial charge >= 0.3 is 5.69 Å². The van der Waals surface area contributed by atoms with E-state index in [1.165, 1.54) is 20.0 Å². The molecule has 2 aromatic carbocycles. The van der Waals surface area contributed by atoms with Crippen LogP contribution >= 0.6 is 11.6 Å². The van der Waals surface area contributed by atoms with Gasteiger partial charge in [0.2, 0.25) is 0 Å². The Balaban J connectivity index is 1.63. The monoisotopic (exact) mass is 494 g/mol. The van der Waals surface area contributed by atoms with Gasteiger partial charge in [-0.25, -0.2) is 14.3 Å². The topological polar surface area (TPSA) is 97.4 Å². The number of carbonyl (C=O) groups excluding carboxylic acids is 1. The van der Waals surface area contributed by atoms with Crippen molar-refractivity contribution >= 4 is 28.5 Å². The summed E-state index contributed by atoms with van der Waals surface area (Å²) in [6.07, 6.45) is 2.82. The first-order valence-corrected chi connectivity index (χ1v) is 11.6. The van der Waals surface area contributed by atoms with Gasteiger partial charge in [-0.15, -0.1) is 0 Å². The molecule has 0 saturated carbocycles. The Morgan fingerprint density at radius 3 is 2.54 bits per heavy atom. The molecule has 0 aliphatic carbocycles. The van der Waals surface area contributed by atoms with Crippen LogP contribution in [-0.2, 0) is 17.8 Å². The zero-order chi connectivity index (χ0) is 24.5. The Bertz CT molecular complexity index is 1500. The Morgan fingerprint density at radius 1 is 1.14 bits per heavy atom. The third kappa shape index (κ3) is 4.40. The normalized spacial score (nSPS) is 15.5. The molecule has 0 spiro atoms. The molecule has 1 aliphatic rings. The first-order chi connectivity index (χ1) is 17.0. The van der Waals surface area contributed by atoms with E-state index in [0.717, 1.165) is 12.8 Å². The Morgan fingerprint density at radius 2 is 1.89 bits per heavy atom. The lowest BCUT2D eigenvalue weighted by atomic mass is 10.1. The number of hydrogen-bond donors (Lipinski definition) is 0. The number of nitrogens with zero attached hydrogens (tertiary/aromatic N) is 4. The second-order valence-electron chi connectivity index (χ2n) is 8.34. The average Bonchev–Trinajstić information content (AvgIpc) is 3.53. The maximum atomic E-state index is 13.5. The number of ketones is 1. The van der Waals surface area contributed by atoms with Crippen LogP contribution in [0.15, 0.2) is 64.4 Å². The Hall–Kier alpha value is -3.69. The highest BCUT2D eigenvalue weighted by Gasteiger charge is 2.24. The quantitative estimate of drug-likeness (QED) is 0.366. The first kappa shape index (κ1) is 23.1. The van der Waals surface area contributed by atoms with Gasteiger partial charge in [0.05, 0.1) is 38.3 Å². The van der Waals surface area contributed by atoms with Gasteiger partial charge in [-0.1, -0.05) is 11.6 Å². The van der Waals surface area contributed by atoms with Gasteiger partial charge in [0.25, 0.3) is 5.56 Å². The van der Waals surface area contributed by atoms with Crippen molar-refractivity contribution in [3.8, 4) is 11.4 Å². The minimum atomic E-state index is -0.521. The molecule has 180 valence electrons. The number of carbonyl (C=O) groups is 1. The fourth-order valence-electron chi connectivity index (χ4n) is 4.30. The lowest BCUT2D eigenvalue weighted by molar-refractivity contribution is 0.0947. The van der Waals surface area contributed by atoms with Gasteiger partial charge < -0.3 is 14.0 Å². The number of methoxy groups -OCH3 is 1. The molecule has 0 unspecified atom stereocenters. The number of imidazole rings is 1. The number of ether oxygens (including phenoxy) is 2. The standard InChI is InChI=1S/C25H23ClN4O5/c1-34-19-10-4-16(5-11-19)21(31)14-28-15-27-23-22(28)24(32)29(13-20-3-2-12-35-20)25(33)30(23)18-8-6-17(26)7-9-18/h4-11,15,20H,2-3,12-14H2,1H3/t20-/m0/s1. The molecule has 1 atom stereocenters. The number of Topliss-reactive ketones (excluding diaryl/α,β-unsaturated/α-hetero) is 1. The zero-order valence-corrected chi connectivity index (χ0v) is 19.8. The minimum Gasteiger partial charge on any atom is -0.497 e. The average molecular weight is 495 g/mol. The molecular formula is C25H23ClN4O5. The van der Waals surface area contributed by atoms with Gasteiger partial charge in [0.15, 0.2) is 16.9 Å². The van der Waals surface area contributed by atoms with Crippen LogP contribution in [0.5, 0.6) is 5.75 Å². The van der Waals surface area contributed by atoms with Crippen molar-refractivity contribution in [2.75, 3.05) is 13.7 Å². The number of benzene rings is 2. The van der Waals surface area contributed by atoms with E-state index in [4.69, 9.17) is 21.1 Å². The summed E-state index contributed by atoms with van der Waals surface area (Å²) in [6.45, 7) is 0.608. The van der Waals surface area contributed by atoms with Crippen LogP contribution in [0.3, 0.4) is 0 Å². The molecule has 3 heterocycles. The van der Waals surface area contributed by atoms with E-state index in [1.807, 2.05) is 0 Å². The molecule has 0 radical (unpaired) electrons. The fourth-order valence-corrected chi connectivity index (χ4v) is 4.42. The van der Waals surface area contributed by atoms with Gasteiger partial charge in [-0.05, 0) is 61.4 Å². The van der Waals surface area contributed by atoms with Crippen LogP contribution in [0.2, 0.25) is 5.02 Å². The SMILES string of the molecule is COc1ccc(C(=O)Cn2cnc3c2c(=O)n(C[C@@H]2CCCO2)c(=O)n3-c2ccc(Cl)cc2)cc1. The number of hydrogen-bond acceptors (Lipinski definition) is 6. The maximum Gasteiger partial charge on any atom is 0.337 e. The summed E-state index contributed by atoms with van der Waals surface area (Å²) in [7, 11) is 1.55. The molecular weight excluding hydrogens is 472 g/mol. The van der Waals surface area contributed by atoms with Crippen LogP contribution < -0.4 is 16.0 Å². The molecule has 0 bridgehead atoms. The number of aromatic nitrogens is 4. The van der Waals surface area contributed by atoms with E-state index in [0.29, 0.717) is 28.6 Å². The predicted octanol–water partition coefficient (Wildman–Crippen LogP) is 3.07. The zero-order valence-electron chi connectivity index (χ0n) is 19.0. The van der Waals surface area contributed by atoms with Crippen LogP contribution in [0.25, 0.3) is 16.9 Å². The van der Waals surface area contributed by atoms with Crippen molar-refractivity contribution in [1.29, 1.82) is 0 Å². The van der Waals surface area contributed by atoms with Crippen LogP contribution in [0.1, 0.15) is 23.2 Å². The highest BCUT2D eigenvalue weighted by molar-refractivity contribution is 6.30. The smallest absolute Gasteiger partial charge is 0.337 e. The number of rotatable bonds is 7. The van der Waals surface area contributed by atoms with Crippen molar-refractivity contribution in [3.05, 3.63) is 86.3 Å². The van der Waals surface area contributed by atoms with E-state index in [9.17, 15) is 14.4 Å². The van der Waals surface area contributed by atoms with Crippen LogP contribution in [0.4, 0.5) is 0 Å². The molecule has 1 fully saturated rings. The number of fused-ring (bicyclic) bond motifs is 1. The predicted molar refractivity (Wildman–Crippen MR) is 131 cm³/mol. The molecule has 1 saturated heterocycles. The summed E-state index contributed by atoms with van der Waals surface area (Å²) in [5.41, 5.74) is 0.293. The third-order valence-electron chi connectivity index (χ3n) is 6.12. The highest BCUT2D eigenvalue weighted by atomic mass is 35.5. The largest absolute Gasteiger partial charge is 0.497 e. The van der Waals surface area contributed by atoms with E-state index in [2.05, 4.69) is 4.98 Å². The summed E-state index contributed by atoms with van der Waals surface area (Å²) in [4.78, 5) is 44.4. The lowest BCUT2D eigenvalue weighted by Gasteiger charge is -2.15. The van der Waals surface area contributed by atoms with Gasteiger partial charge in [0, 0.05) is 17.2 Å². The molecule has 35 heavy (non-hydrogen) atoms. The molecule has 5 rings (SSSR count). The summed E-state index contributed by atoms with van der Waals surface area (Å²) in [5, 5.41) is 0.515. The van der Waals surface area contributed by atoms with Crippen molar-refractivity contribution in [2.45, 2.75) is 32.0 Å². The lowest BCUT2D eigenvalue weighted by Crippen LogP contribution is -2.42. The molecule has 1 aliphatic heterocycles. The van der Waals surface area contributed by atoms with Crippen LogP contribution in [-0.4, -0.2) is 44.3 Å². The second-order valence-corrected chi connectivity index (χ2v) is 8.78. The summed E-state index contributed by atoms with van der Waals surface area (Å²) >= 11 is 6.04. The van der Waals surface area contributed by atoms with Crippen molar-refractivity contribution < 1.29 is 14.3 Å². The Labute approximate surface area is 205 Å². The minimum absolute atomic E-state index is 0.114. The Kier molecular flexibility index (Phi) is 6.27. The molecule has 0 N–H and O–H groups in total. The van der Waals surface area contributed by atoms with E-state index < -0.39 is 11.2 Å². The maximum absolute atomic E-state index is 13.5. The summed E-state index contributed by atoms with van der Waals surface area (Å²) in [6, 6.07) is 13.4. The fraction of sp³-hybridized carbons (Fsp3) is 0.280. The van der Waals surface area contributed by atoms with Crippen molar-refractivity contribution in [1.82, 2.24) is 18.7 Å². The second kappa shape index (κ2) is 9.52. The van der Waals surface area contributed by atoms with Crippen molar-refractivity contribution in [3.63, 3.8) is 0 Å². The van der Waals surface area contributed by atoms with Gasteiger partial charge in [-0.3, -0.25) is 14.2 Å². The molecule has 4 aromatic rings. The van der Waals surface area contributed by atoms with Gasteiger partial charge in [0.1, 0.15) is 5.75 Å². The molecule has 0 amide bonds. The molecule has 9 nitrogen and oxygen atoms in total.